The Labute approximate surface area is 95.6 Å². The molecular weight excluding hydrogens is 258 g/mol. The number of H-pyrrole nitrogens is 1. The van der Waals surface area contributed by atoms with Crippen LogP contribution in [-0.4, -0.2) is 21.7 Å². The lowest BCUT2D eigenvalue weighted by molar-refractivity contribution is 0.276. The third-order valence-electron chi connectivity index (χ3n) is 2.30. The number of hydrogen-bond acceptors (Lipinski definition) is 3. The summed E-state index contributed by atoms with van der Waals surface area (Å²) in [6.45, 7) is 0.0909. The van der Waals surface area contributed by atoms with Gasteiger partial charge >= 0.3 is 0 Å². The summed E-state index contributed by atoms with van der Waals surface area (Å²) in [5.41, 5.74) is 8.63. The summed E-state index contributed by atoms with van der Waals surface area (Å²) in [5.74, 6) is 0. The molecule has 15 heavy (non-hydrogen) atoms. The molecule has 2 aromatic heterocycles. The minimum Gasteiger partial charge on any atom is -0.396 e. The van der Waals surface area contributed by atoms with Crippen LogP contribution in [0.25, 0.3) is 11.0 Å². The van der Waals surface area contributed by atoms with E-state index in [2.05, 4.69) is 25.9 Å². The molecule has 0 aliphatic rings. The van der Waals surface area contributed by atoms with Crippen LogP contribution in [-0.2, 0) is 0 Å². The fourth-order valence-electron chi connectivity index (χ4n) is 1.50. The van der Waals surface area contributed by atoms with Crippen LogP contribution in [0, 0.1) is 0 Å². The van der Waals surface area contributed by atoms with Crippen molar-refractivity contribution >= 4 is 27.0 Å². The van der Waals surface area contributed by atoms with Crippen LogP contribution in [0.5, 0.6) is 0 Å². The summed E-state index contributed by atoms with van der Waals surface area (Å²) in [7, 11) is 0. The van der Waals surface area contributed by atoms with Crippen molar-refractivity contribution < 1.29 is 5.11 Å². The number of fused-ring (bicyclic) bond motifs is 1. The summed E-state index contributed by atoms with van der Waals surface area (Å²) < 4.78 is 0.930. The third kappa shape index (κ3) is 2.19. The van der Waals surface area contributed by atoms with E-state index in [4.69, 9.17) is 10.8 Å². The second-order valence-electron chi connectivity index (χ2n) is 3.43. The van der Waals surface area contributed by atoms with Gasteiger partial charge in [-0.1, -0.05) is 0 Å². The van der Waals surface area contributed by atoms with Gasteiger partial charge in [0.05, 0.1) is 11.0 Å². The minimum atomic E-state index is -0.164. The van der Waals surface area contributed by atoms with Gasteiger partial charge in [-0.05, 0) is 34.5 Å². The van der Waals surface area contributed by atoms with Gasteiger partial charge in [-0.15, -0.1) is 0 Å². The highest BCUT2D eigenvalue weighted by Crippen LogP contribution is 2.21. The summed E-state index contributed by atoms with van der Waals surface area (Å²) in [4.78, 5) is 7.44. The Morgan fingerprint density at radius 1 is 1.53 bits per heavy atom. The van der Waals surface area contributed by atoms with Crippen molar-refractivity contribution in [1.29, 1.82) is 0 Å². The first-order valence-electron chi connectivity index (χ1n) is 4.71. The Morgan fingerprint density at radius 3 is 3.07 bits per heavy atom. The molecule has 0 amide bonds. The van der Waals surface area contributed by atoms with Crippen LogP contribution in [0.4, 0.5) is 0 Å². The van der Waals surface area contributed by atoms with Gasteiger partial charge in [0.15, 0.2) is 0 Å². The van der Waals surface area contributed by atoms with Crippen LogP contribution >= 0.6 is 15.9 Å². The number of pyridine rings is 1. The molecule has 0 aliphatic heterocycles. The Balaban J connectivity index is 2.38. The molecular formula is C10H12BrN3O. The first kappa shape index (κ1) is 10.6. The summed E-state index contributed by atoms with van der Waals surface area (Å²) in [5, 5.41) is 8.80. The lowest BCUT2D eigenvalue weighted by Crippen LogP contribution is -2.11. The molecule has 2 heterocycles. The van der Waals surface area contributed by atoms with E-state index >= 15 is 0 Å². The number of halogens is 1. The average Bonchev–Trinajstić information content (AvgIpc) is 2.60. The van der Waals surface area contributed by atoms with Crippen molar-refractivity contribution in [2.24, 2.45) is 5.73 Å². The number of nitrogens with two attached hydrogens (primary N) is 1. The molecule has 0 saturated carbocycles. The first-order chi connectivity index (χ1) is 7.20. The molecule has 0 radical (unpaired) electrons. The van der Waals surface area contributed by atoms with Crippen LogP contribution < -0.4 is 5.73 Å². The van der Waals surface area contributed by atoms with E-state index in [9.17, 15) is 0 Å². The van der Waals surface area contributed by atoms with Gasteiger partial charge in [0.2, 0.25) is 0 Å². The van der Waals surface area contributed by atoms with Gasteiger partial charge < -0.3 is 15.8 Å². The van der Waals surface area contributed by atoms with E-state index in [-0.39, 0.29) is 12.6 Å². The van der Waals surface area contributed by atoms with Crippen molar-refractivity contribution in [2.75, 3.05) is 6.61 Å². The summed E-state index contributed by atoms with van der Waals surface area (Å²) in [6.07, 6.45) is 2.30. The molecule has 4 nitrogen and oxygen atoms in total. The third-order valence-corrected chi connectivity index (χ3v) is 2.73. The number of aromatic nitrogens is 2. The number of aliphatic hydroxyl groups excluding tert-OH is 1. The van der Waals surface area contributed by atoms with Gasteiger partial charge in [-0.25, -0.2) is 0 Å². The number of nitrogens with one attached hydrogen (secondary N) is 1. The zero-order valence-corrected chi connectivity index (χ0v) is 9.66. The number of aromatic amines is 1. The van der Waals surface area contributed by atoms with Crippen LogP contribution in [0.1, 0.15) is 18.2 Å². The Morgan fingerprint density at radius 2 is 2.33 bits per heavy atom. The highest BCUT2D eigenvalue weighted by Gasteiger charge is 2.09. The SMILES string of the molecule is NC(CCO)c1cc2ncc(Br)cc2[nH]1. The van der Waals surface area contributed by atoms with Gasteiger partial charge in [0.1, 0.15) is 0 Å². The van der Waals surface area contributed by atoms with Crippen LogP contribution in [0.2, 0.25) is 0 Å². The maximum Gasteiger partial charge on any atom is 0.0883 e. The van der Waals surface area contributed by atoms with Crippen molar-refractivity contribution in [2.45, 2.75) is 12.5 Å². The largest absolute Gasteiger partial charge is 0.396 e. The fraction of sp³-hybridized carbons (Fsp3) is 0.300. The number of aliphatic hydroxyl groups is 1. The molecule has 80 valence electrons. The predicted molar refractivity (Wildman–Crippen MR) is 62.4 cm³/mol. The second kappa shape index (κ2) is 4.30. The standard InChI is InChI=1S/C10H12BrN3O/c11-6-3-10-9(13-5-6)4-8(14-10)7(12)1-2-15/h3-5,7,14-15H,1-2,12H2. The van der Waals surface area contributed by atoms with E-state index in [0.717, 1.165) is 21.2 Å². The molecule has 2 rings (SSSR count). The maximum atomic E-state index is 8.80. The molecule has 0 saturated heterocycles. The van der Waals surface area contributed by atoms with E-state index in [1.54, 1.807) is 6.20 Å². The smallest absolute Gasteiger partial charge is 0.0883 e. The van der Waals surface area contributed by atoms with Gasteiger partial charge in [0.25, 0.3) is 0 Å². The highest BCUT2D eigenvalue weighted by atomic mass is 79.9. The summed E-state index contributed by atoms with van der Waals surface area (Å²) >= 11 is 3.36. The topological polar surface area (TPSA) is 74.9 Å². The average molecular weight is 270 g/mol. The molecule has 0 bridgehead atoms. The number of rotatable bonds is 3. The Bertz CT molecular complexity index is 469. The molecule has 0 aromatic carbocycles. The molecule has 2 aromatic rings. The summed E-state index contributed by atoms with van der Waals surface area (Å²) in [6, 6.07) is 3.71. The fourth-order valence-corrected chi connectivity index (χ4v) is 1.83. The molecule has 1 unspecified atom stereocenters. The van der Waals surface area contributed by atoms with Gasteiger partial charge in [-0.3, -0.25) is 4.98 Å². The molecule has 0 fully saturated rings. The quantitative estimate of drug-likeness (QED) is 0.794. The van der Waals surface area contributed by atoms with E-state index in [0.29, 0.717) is 6.42 Å². The monoisotopic (exact) mass is 269 g/mol. The lowest BCUT2D eigenvalue weighted by atomic mass is 10.2. The van der Waals surface area contributed by atoms with Crippen LogP contribution in [0.3, 0.4) is 0 Å². The molecule has 4 N–H and O–H groups in total. The van der Waals surface area contributed by atoms with E-state index in [1.807, 2.05) is 12.1 Å². The predicted octanol–water partition coefficient (Wildman–Crippen LogP) is 1.71. The Hall–Kier alpha value is -0.910. The van der Waals surface area contributed by atoms with Crippen molar-refractivity contribution in [3.8, 4) is 0 Å². The van der Waals surface area contributed by atoms with Gasteiger partial charge in [-0.2, -0.15) is 0 Å². The van der Waals surface area contributed by atoms with E-state index in [1.165, 1.54) is 0 Å². The van der Waals surface area contributed by atoms with Gasteiger partial charge in [0, 0.05) is 29.0 Å². The normalized spacial score (nSPS) is 13.3. The van der Waals surface area contributed by atoms with Crippen molar-refractivity contribution in [1.82, 2.24) is 9.97 Å². The van der Waals surface area contributed by atoms with E-state index < -0.39 is 0 Å². The highest BCUT2D eigenvalue weighted by molar-refractivity contribution is 9.10. The van der Waals surface area contributed by atoms with Crippen molar-refractivity contribution in [3.63, 3.8) is 0 Å². The second-order valence-corrected chi connectivity index (χ2v) is 4.35. The van der Waals surface area contributed by atoms with Crippen LogP contribution in [0.15, 0.2) is 22.8 Å². The molecule has 1 atom stereocenters. The van der Waals surface area contributed by atoms with Crippen molar-refractivity contribution in [3.05, 3.63) is 28.5 Å². The Kier molecular flexibility index (Phi) is 3.04. The first-order valence-corrected chi connectivity index (χ1v) is 5.50. The lowest BCUT2D eigenvalue weighted by Gasteiger charge is -2.05. The zero-order chi connectivity index (χ0) is 10.8. The number of hydrogen-bond donors (Lipinski definition) is 3. The molecule has 0 spiro atoms. The maximum absolute atomic E-state index is 8.80. The zero-order valence-electron chi connectivity index (χ0n) is 8.07. The minimum absolute atomic E-state index is 0.0909. The molecule has 0 aliphatic carbocycles. The number of nitrogens with zero attached hydrogens (tertiary/aromatic N) is 1. The molecule has 5 heteroatoms.